The SMILES string of the molecule is Cc1cc(C)cc(CN2CCC(O)C2)c1. The number of aryl methyl sites for hydroxylation is 2. The van der Waals surface area contributed by atoms with Crippen LogP contribution in [-0.2, 0) is 6.54 Å². The number of hydrogen-bond donors (Lipinski definition) is 1. The summed E-state index contributed by atoms with van der Waals surface area (Å²) in [6.07, 6.45) is 0.807. The van der Waals surface area contributed by atoms with Gasteiger partial charge in [0.25, 0.3) is 0 Å². The van der Waals surface area contributed by atoms with Crippen LogP contribution in [-0.4, -0.2) is 29.2 Å². The molecule has 0 saturated carbocycles. The Labute approximate surface area is 91.5 Å². The molecular formula is C13H19NO. The van der Waals surface area contributed by atoms with E-state index in [1.165, 1.54) is 16.7 Å². The quantitative estimate of drug-likeness (QED) is 0.796. The predicted molar refractivity (Wildman–Crippen MR) is 61.8 cm³/mol. The molecule has 0 amide bonds. The first kappa shape index (κ1) is 10.7. The van der Waals surface area contributed by atoms with Gasteiger partial charge in [0.1, 0.15) is 0 Å². The van der Waals surface area contributed by atoms with Crippen molar-refractivity contribution in [1.29, 1.82) is 0 Å². The highest BCUT2D eigenvalue weighted by atomic mass is 16.3. The predicted octanol–water partition coefficient (Wildman–Crippen LogP) is 1.87. The summed E-state index contributed by atoms with van der Waals surface area (Å²) in [6.45, 7) is 7.09. The molecule has 2 heteroatoms. The molecule has 1 saturated heterocycles. The topological polar surface area (TPSA) is 23.5 Å². The summed E-state index contributed by atoms with van der Waals surface area (Å²) >= 11 is 0. The second kappa shape index (κ2) is 4.33. The summed E-state index contributed by atoms with van der Waals surface area (Å²) in [5.41, 5.74) is 4.01. The van der Waals surface area contributed by atoms with Crippen LogP contribution in [0.3, 0.4) is 0 Å². The minimum Gasteiger partial charge on any atom is -0.392 e. The van der Waals surface area contributed by atoms with Gasteiger partial charge in [0.05, 0.1) is 6.10 Å². The second-order valence-corrected chi connectivity index (χ2v) is 4.67. The molecule has 2 nitrogen and oxygen atoms in total. The molecule has 0 aliphatic carbocycles. The van der Waals surface area contributed by atoms with Gasteiger partial charge >= 0.3 is 0 Å². The van der Waals surface area contributed by atoms with Crippen LogP contribution < -0.4 is 0 Å². The van der Waals surface area contributed by atoms with Crippen LogP contribution >= 0.6 is 0 Å². The highest BCUT2D eigenvalue weighted by molar-refractivity contribution is 5.28. The molecule has 0 radical (unpaired) electrons. The zero-order valence-electron chi connectivity index (χ0n) is 9.53. The third-order valence-electron chi connectivity index (χ3n) is 2.94. The summed E-state index contributed by atoms with van der Waals surface area (Å²) < 4.78 is 0. The highest BCUT2D eigenvalue weighted by Crippen LogP contribution is 2.15. The molecule has 2 rings (SSSR count). The minimum atomic E-state index is -0.115. The van der Waals surface area contributed by atoms with Gasteiger partial charge in [-0.25, -0.2) is 0 Å². The average Bonchev–Trinajstić information content (AvgIpc) is 2.49. The van der Waals surface area contributed by atoms with Gasteiger partial charge in [0, 0.05) is 19.6 Å². The lowest BCUT2D eigenvalue weighted by atomic mass is 10.1. The Bertz CT molecular complexity index is 328. The van der Waals surface area contributed by atoms with E-state index >= 15 is 0 Å². The van der Waals surface area contributed by atoms with E-state index in [1.54, 1.807) is 0 Å². The zero-order chi connectivity index (χ0) is 10.8. The maximum atomic E-state index is 9.45. The summed E-state index contributed by atoms with van der Waals surface area (Å²) in [4.78, 5) is 2.32. The fraction of sp³-hybridized carbons (Fsp3) is 0.538. The van der Waals surface area contributed by atoms with Crippen molar-refractivity contribution in [3.05, 3.63) is 34.9 Å². The number of nitrogens with zero attached hydrogens (tertiary/aromatic N) is 1. The van der Waals surface area contributed by atoms with E-state index in [-0.39, 0.29) is 6.10 Å². The van der Waals surface area contributed by atoms with Crippen molar-refractivity contribution in [2.45, 2.75) is 32.9 Å². The van der Waals surface area contributed by atoms with Crippen LogP contribution in [0.1, 0.15) is 23.1 Å². The van der Waals surface area contributed by atoms with Crippen LogP contribution in [0.15, 0.2) is 18.2 Å². The Hall–Kier alpha value is -0.860. The molecule has 0 aromatic heterocycles. The number of aliphatic hydroxyl groups excluding tert-OH is 1. The smallest absolute Gasteiger partial charge is 0.0679 e. The van der Waals surface area contributed by atoms with E-state index in [0.717, 1.165) is 26.1 Å². The van der Waals surface area contributed by atoms with Crippen molar-refractivity contribution in [2.75, 3.05) is 13.1 Å². The number of benzene rings is 1. The molecule has 1 N–H and O–H groups in total. The van der Waals surface area contributed by atoms with E-state index in [0.29, 0.717) is 0 Å². The first-order valence-corrected chi connectivity index (χ1v) is 5.61. The van der Waals surface area contributed by atoms with Crippen molar-refractivity contribution < 1.29 is 5.11 Å². The summed E-state index contributed by atoms with van der Waals surface area (Å²) in [6, 6.07) is 6.66. The van der Waals surface area contributed by atoms with Crippen LogP contribution in [0.2, 0.25) is 0 Å². The van der Waals surface area contributed by atoms with Crippen LogP contribution in [0.4, 0.5) is 0 Å². The van der Waals surface area contributed by atoms with Gasteiger partial charge in [-0.3, -0.25) is 4.90 Å². The zero-order valence-corrected chi connectivity index (χ0v) is 9.53. The third kappa shape index (κ3) is 2.80. The Morgan fingerprint density at radius 3 is 2.47 bits per heavy atom. The molecule has 1 aliphatic rings. The van der Waals surface area contributed by atoms with E-state index in [2.05, 4.69) is 36.9 Å². The summed E-state index contributed by atoms with van der Waals surface area (Å²) in [7, 11) is 0. The van der Waals surface area contributed by atoms with Crippen LogP contribution in [0.5, 0.6) is 0 Å². The Morgan fingerprint density at radius 1 is 1.27 bits per heavy atom. The lowest BCUT2D eigenvalue weighted by Gasteiger charge is -2.15. The van der Waals surface area contributed by atoms with Gasteiger partial charge in [-0.05, 0) is 25.8 Å². The molecule has 1 unspecified atom stereocenters. The second-order valence-electron chi connectivity index (χ2n) is 4.67. The van der Waals surface area contributed by atoms with Crippen molar-refractivity contribution in [2.24, 2.45) is 0 Å². The highest BCUT2D eigenvalue weighted by Gasteiger charge is 2.19. The van der Waals surface area contributed by atoms with Crippen molar-refractivity contribution in [3.63, 3.8) is 0 Å². The molecule has 1 atom stereocenters. The molecule has 1 heterocycles. The number of hydrogen-bond acceptors (Lipinski definition) is 2. The standard InChI is InChI=1S/C13H19NO/c1-10-5-11(2)7-12(6-10)8-14-4-3-13(15)9-14/h5-7,13,15H,3-4,8-9H2,1-2H3. The van der Waals surface area contributed by atoms with Gasteiger partial charge in [-0.1, -0.05) is 29.3 Å². The third-order valence-corrected chi connectivity index (χ3v) is 2.94. The first-order chi connectivity index (χ1) is 7.13. The van der Waals surface area contributed by atoms with Crippen LogP contribution in [0, 0.1) is 13.8 Å². The first-order valence-electron chi connectivity index (χ1n) is 5.61. The van der Waals surface area contributed by atoms with Crippen molar-refractivity contribution >= 4 is 0 Å². The fourth-order valence-corrected chi connectivity index (χ4v) is 2.37. The molecule has 0 bridgehead atoms. The molecule has 1 aromatic rings. The van der Waals surface area contributed by atoms with E-state index in [9.17, 15) is 5.11 Å². The van der Waals surface area contributed by atoms with Crippen molar-refractivity contribution in [3.8, 4) is 0 Å². The molecule has 82 valence electrons. The maximum Gasteiger partial charge on any atom is 0.0679 e. The largest absolute Gasteiger partial charge is 0.392 e. The number of likely N-dealkylation sites (tertiary alicyclic amines) is 1. The number of rotatable bonds is 2. The van der Waals surface area contributed by atoms with E-state index in [4.69, 9.17) is 0 Å². The lowest BCUT2D eigenvalue weighted by molar-refractivity contribution is 0.175. The maximum absolute atomic E-state index is 9.45. The molecule has 1 aromatic carbocycles. The summed E-state index contributed by atoms with van der Waals surface area (Å²) in [5, 5.41) is 9.45. The van der Waals surface area contributed by atoms with Gasteiger partial charge in [0.15, 0.2) is 0 Å². The Kier molecular flexibility index (Phi) is 3.08. The molecule has 15 heavy (non-hydrogen) atoms. The van der Waals surface area contributed by atoms with Gasteiger partial charge in [-0.2, -0.15) is 0 Å². The molecule has 0 spiro atoms. The molecular weight excluding hydrogens is 186 g/mol. The average molecular weight is 205 g/mol. The normalized spacial score (nSPS) is 22.2. The van der Waals surface area contributed by atoms with E-state index in [1.807, 2.05) is 0 Å². The summed E-state index contributed by atoms with van der Waals surface area (Å²) in [5.74, 6) is 0. The number of β-amino-alcohol motifs (C(OH)–C–C–N with tert-alkyl or cyclic N) is 1. The van der Waals surface area contributed by atoms with Gasteiger partial charge in [-0.15, -0.1) is 0 Å². The fourth-order valence-electron chi connectivity index (χ4n) is 2.37. The Balaban J connectivity index is 2.04. The Morgan fingerprint density at radius 2 is 1.93 bits per heavy atom. The van der Waals surface area contributed by atoms with Gasteiger partial charge < -0.3 is 5.11 Å². The lowest BCUT2D eigenvalue weighted by Crippen LogP contribution is -2.21. The molecule has 1 fully saturated rings. The van der Waals surface area contributed by atoms with Crippen LogP contribution in [0.25, 0.3) is 0 Å². The van der Waals surface area contributed by atoms with Gasteiger partial charge in [0.2, 0.25) is 0 Å². The molecule has 1 aliphatic heterocycles. The number of aliphatic hydroxyl groups is 1. The van der Waals surface area contributed by atoms with E-state index < -0.39 is 0 Å². The van der Waals surface area contributed by atoms with Crippen molar-refractivity contribution in [1.82, 2.24) is 4.90 Å². The monoisotopic (exact) mass is 205 g/mol. The minimum absolute atomic E-state index is 0.115.